The predicted octanol–water partition coefficient (Wildman–Crippen LogP) is 3.68. The van der Waals surface area contributed by atoms with Crippen molar-refractivity contribution in [1.82, 2.24) is 10.1 Å². The highest BCUT2D eigenvalue weighted by molar-refractivity contribution is 5.89. The van der Waals surface area contributed by atoms with Gasteiger partial charge < -0.3 is 10.1 Å². The van der Waals surface area contributed by atoms with Crippen molar-refractivity contribution in [3.05, 3.63) is 58.1 Å². The molecule has 3 N–H and O–H groups in total. The van der Waals surface area contributed by atoms with Crippen LogP contribution in [-0.2, 0) is 6.61 Å². The Kier molecular flexibility index (Phi) is 6.23. The Morgan fingerprint density at radius 3 is 2.35 bits per heavy atom. The van der Waals surface area contributed by atoms with Gasteiger partial charge in [-0.1, -0.05) is 18.2 Å². The highest BCUT2D eigenvalue weighted by Gasteiger charge is 2.15. The Hall–Kier alpha value is -2.57. The summed E-state index contributed by atoms with van der Waals surface area (Å²) in [6.45, 7) is 8.56. The van der Waals surface area contributed by atoms with E-state index < -0.39 is 0 Å². The smallest absolute Gasteiger partial charge is 0.337 e. The van der Waals surface area contributed by atoms with Gasteiger partial charge >= 0.3 is 6.03 Å². The Labute approximate surface area is 155 Å². The number of nitrogens with zero attached hydrogens (tertiary/aromatic N) is 2. The molecule has 2 aromatic rings. The number of urea groups is 1. The van der Waals surface area contributed by atoms with Gasteiger partial charge in [-0.2, -0.15) is 5.12 Å². The van der Waals surface area contributed by atoms with E-state index in [2.05, 4.69) is 31.3 Å². The largest absolute Gasteiger partial charge is 0.489 e. The maximum absolute atomic E-state index is 12.3. The van der Waals surface area contributed by atoms with Gasteiger partial charge in [-0.25, -0.2) is 9.80 Å². The van der Waals surface area contributed by atoms with Gasteiger partial charge in [-0.15, -0.1) is 0 Å². The van der Waals surface area contributed by atoms with Crippen LogP contribution in [0.15, 0.2) is 30.3 Å². The summed E-state index contributed by atoms with van der Waals surface area (Å²) in [5, 5.41) is 5.40. The summed E-state index contributed by atoms with van der Waals surface area (Å²) in [4.78, 5) is 12.3. The topological polar surface area (TPSA) is 70.8 Å². The van der Waals surface area contributed by atoms with E-state index in [0.717, 1.165) is 22.4 Å². The van der Waals surface area contributed by atoms with Crippen LogP contribution in [0.3, 0.4) is 0 Å². The van der Waals surface area contributed by atoms with Gasteiger partial charge in [0.05, 0.1) is 0 Å². The molecular weight excluding hydrogens is 328 g/mol. The molecule has 0 spiro atoms. The number of ether oxygens (including phenoxy) is 1. The molecule has 2 aromatic carbocycles. The van der Waals surface area contributed by atoms with Gasteiger partial charge in [-0.3, -0.25) is 5.84 Å². The quantitative estimate of drug-likeness (QED) is 0.633. The third-order valence-electron chi connectivity index (χ3n) is 4.58. The minimum absolute atomic E-state index is 0.316. The number of nitrogens with one attached hydrogen (secondary N) is 1. The number of hydrogen-bond donors (Lipinski definition) is 2. The van der Waals surface area contributed by atoms with Crippen LogP contribution in [0.1, 0.15) is 27.8 Å². The first-order valence-electron chi connectivity index (χ1n) is 8.53. The first-order valence-corrected chi connectivity index (χ1v) is 8.53. The van der Waals surface area contributed by atoms with E-state index in [1.165, 1.54) is 21.3 Å². The number of carbonyl (C=O) groups is 1. The van der Waals surface area contributed by atoms with Gasteiger partial charge in [0, 0.05) is 25.3 Å². The van der Waals surface area contributed by atoms with Crippen LogP contribution >= 0.6 is 0 Å². The number of anilines is 1. The SMILES string of the molecule is Cc1cc(C)c(OCc2c(C)cccc2NC(=O)N(C)N(C)N)cc1C. The zero-order valence-electron chi connectivity index (χ0n) is 16.4. The number of nitrogens with two attached hydrogens (primary N) is 1. The zero-order chi connectivity index (χ0) is 19.4. The second-order valence-electron chi connectivity index (χ2n) is 6.62. The van der Waals surface area contributed by atoms with Crippen molar-refractivity contribution in [2.24, 2.45) is 5.84 Å². The average Bonchev–Trinajstić information content (AvgIpc) is 2.57. The molecule has 0 bridgehead atoms. The van der Waals surface area contributed by atoms with Gasteiger partial charge in [-0.05, 0) is 62.1 Å². The molecular formula is C20H28N4O2. The number of aryl methyl sites for hydroxylation is 4. The number of hydrazine groups is 2. The molecule has 6 heteroatoms. The van der Waals surface area contributed by atoms with Crippen molar-refractivity contribution in [3.63, 3.8) is 0 Å². The minimum atomic E-state index is -0.316. The predicted molar refractivity (Wildman–Crippen MR) is 105 cm³/mol. The van der Waals surface area contributed by atoms with Crippen molar-refractivity contribution < 1.29 is 9.53 Å². The number of benzene rings is 2. The van der Waals surface area contributed by atoms with Crippen LogP contribution in [0.25, 0.3) is 0 Å². The summed E-state index contributed by atoms with van der Waals surface area (Å²) in [6, 6.07) is 9.63. The molecule has 2 amide bonds. The lowest BCUT2D eigenvalue weighted by atomic mass is 10.1. The maximum atomic E-state index is 12.3. The van der Waals surface area contributed by atoms with Crippen molar-refractivity contribution in [2.45, 2.75) is 34.3 Å². The molecule has 0 unspecified atom stereocenters. The van der Waals surface area contributed by atoms with E-state index >= 15 is 0 Å². The van der Waals surface area contributed by atoms with Crippen LogP contribution < -0.4 is 15.9 Å². The van der Waals surface area contributed by atoms with E-state index in [0.29, 0.717) is 12.3 Å². The molecule has 0 atom stereocenters. The fraction of sp³-hybridized carbons (Fsp3) is 0.350. The molecule has 0 aliphatic rings. The van der Waals surface area contributed by atoms with Gasteiger partial charge in [0.25, 0.3) is 0 Å². The molecule has 0 radical (unpaired) electrons. The molecule has 0 aliphatic heterocycles. The lowest BCUT2D eigenvalue weighted by Gasteiger charge is -2.24. The van der Waals surface area contributed by atoms with Crippen LogP contribution in [0.5, 0.6) is 5.75 Å². The van der Waals surface area contributed by atoms with E-state index in [9.17, 15) is 4.79 Å². The molecule has 26 heavy (non-hydrogen) atoms. The van der Waals surface area contributed by atoms with Crippen molar-refractivity contribution in [1.29, 1.82) is 0 Å². The molecule has 0 saturated heterocycles. The summed E-state index contributed by atoms with van der Waals surface area (Å²) < 4.78 is 6.07. The molecule has 0 saturated carbocycles. The fourth-order valence-electron chi connectivity index (χ4n) is 2.59. The first kappa shape index (κ1) is 19.8. The van der Waals surface area contributed by atoms with Crippen molar-refractivity contribution >= 4 is 11.7 Å². The van der Waals surface area contributed by atoms with Crippen LogP contribution in [0.2, 0.25) is 0 Å². The highest BCUT2D eigenvalue weighted by atomic mass is 16.5. The Balaban J connectivity index is 2.22. The molecule has 0 aromatic heterocycles. The zero-order valence-corrected chi connectivity index (χ0v) is 16.4. The van der Waals surface area contributed by atoms with E-state index in [4.69, 9.17) is 10.6 Å². The average molecular weight is 356 g/mol. The third kappa shape index (κ3) is 4.53. The summed E-state index contributed by atoms with van der Waals surface area (Å²) in [5.74, 6) is 6.46. The molecule has 140 valence electrons. The van der Waals surface area contributed by atoms with Gasteiger partial charge in [0.15, 0.2) is 0 Å². The Morgan fingerprint density at radius 1 is 1.04 bits per heavy atom. The normalized spacial score (nSPS) is 10.8. The van der Waals surface area contributed by atoms with Gasteiger partial charge in [0.2, 0.25) is 0 Å². The first-order chi connectivity index (χ1) is 12.2. The number of hydrogen-bond acceptors (Lipinski definition) is 4. The lowest BCUT2D eigenvalue weighted by molar-refractivity contribution is 0.0705. The number of carbonyl (C=O) groups excluding carboxylic acids is 1. The second kappa shape index (κ2) is 8.21. The van der Waals surface area contributed by atoms with E-state index in [1.807, 2.05) is 32.0 Å². The lowest BCUT2D eigenvalue weighted by Crippen LogP contribution is -2.47. The second-order valence-corrected chi connectivity index (χ2v) is 6.62. The summed E-state index contributed by atoms with van der Waals surface area (Å²) in [5.41, 5.74) is 6.23. The van der Waals surface area contributed by atoms with E-state index in [1.54, 1.807) is 14.1 Å². The molecule has 2 rings (SSSR count). The van der Waals surface area contributed by atoms with Crippen LogP contribution in [-0.4, -0.2) is 30.3 Å². The van der Waals surface area contributed by atoms with E-state index in [-0.39, 0.29) is 6.03 Å². The van der Waals surface area contributed by atoms with Crippen LogP contribution in [0, 0.1) is 27.7 Å². The van der Waals surface area contributed by atoms with Crippen molar-refractivity contribution in [3.8, 4) is 5.75 Å². The Morgan fingerprint density at radius 2 is 1.69 bits per heavy atom. The standard InChI is InChI=1S/C20H28N4O2/c1-13-8-7-9-18(22-20(25)23(5)24(6)21)17(13)12-26-19-11-15(3)14(2)10-16(19)4/h7-11H,12,21H2,1-6H3,(H,22,25). The third-order valence-corrected chi connectivity index (χ3v) is 4.58. The highest BCUT2D eigenvalue weighted by Crippen LogP contribution is 2.26. The minimum Gasteiger partial charge on any atom is -0.489 e. The Bertz CT molecular complexity index is 803. The number of amides is 2. The maximum Gasteiger partial charge on any atom is 0.337 e. The van der Waals surface area contributed by atoms with Crippen LogP contribution in [0.4, 0.5) is 10.5 Å². The number of rotatable bonds is 5. The molecule has 0 aliphatic carbocycles. The summed E-state index contributed by atoms with van der Waals surface area (Å²) in [6.07, 6.45) is 0. The fourth-order valence-corrected chi connectivity index (χ4v) is 2.59. The van der Waals surface area contributed by atoms with Crippen molar-refractivity contribution in [2.75, 3.05) is 19.4 Å². The summed E-state index contributed by atoms with van der Waals surface area (Å²) in [7, 11) is 3.20. The monoisotopic (exact) mass is 356 g/mol. The molecule has 0 heterocycles. The molecule has 6 nitrogen and oxygen atoms in total. The van der Waals surface area contributed by atoms with Gasteiger partial charge in [0.1, 0.15) is 12.4 Å². The summed E-state index contributed by atoms with van der Waals surface area (Å²) >= 11 is 0. The molecule has 0 fully saturated rings.